The Labute approximate surface area is 175 Å². The molecule has 4 nitrogen and oxygen atoms in total. The van der Waals surface area contributed by atoms with E-state index >= 15 is 0 Å². The van der Waals surface area contributed by atoms with Gasteiger partial charge in [-0.1, -0.05) is 64.4 Å². The maximum Gasteiger partial charge on any atom is 0.265 e. The summed E-state index contributed by atoms with van der Waals surface area (Å²) in [6.45, 7) is 9.36. The largest absolute Gasteiger partial charge is 0.326 e. The highest BCUT2D eigenvalue weighted by Crippen LogP contribution is 2.33. The van der Waals surface area contributed by atoms with Crippen molar-refractivity contribution < 1.29 is 17.5 Å². The maximum atomic E-state index is 11.1. The van der Waals surface area contributed by atoms with Crippen LogP contribution in [0.1, 0.15) is 90.4 Å². The van der Waals surface area contributed by atoms with Crippen LogP contribution >= 0.6 is 0 Å². The van der Waals surface area contributed by atoms with Crippen LogP contribution in [0, 0.1) is 11.8 Å². The van der Waals surface area contributed by atoms with Crippen LogP contribution in [0.2, 0.25) is 0 Å². The predicted octanol–water partition coefficient (Wildman–Crippen LogP) is 5.84. The summed E-state index contributed by atoms with van der Waals surface area (Å²) in [7, 11) is -1.57. The maximum absolute atomic E-state index is 11.1. The molecule has 1 N–H and O–H groups in total. The minimum absolute atomic E-state index is 0.117. The monoisotopic (exact) mass is 416 g/mol. The summed E-state index contributed by atoms with van der Waals surface area (Å²) in [5, 5.41) is 0. The third kappa shape index (κ3) is 11.6. The Morgan fingerprint density at radius 2 is 1.54 bits per heavy atom. The summed E-state index contributed by atoms with van der Waals surface area (Å²) < 4.78 is 32.3. The first kappa shape index (κ1) is 25.6. The Hall–Kier alpha value is -0.390. The molecule has 28 heavy (non-hydrogen) atoms. The third-order valence-electron chi connectivity index (χ3n) is 6.60. The highest BCUT2D eigenvalue weighted by Gasteiger charge is 2.31. The summed E-state index contributed by atoms with van der Waals surface area (Å²) in [6, 6.07) is 0. The summed E-state index contributed by atoms with van der Waals surface area (Å²) in [4.78, 5) is 0. The number of hydrogen-bond acceptors (Lipinski definition) is 2. The number of rotatable bonds is 16. The van der Waals surface area contributed by atoms with Crippen LogP contribution < -0.4 is 0 Å². The van der Waals surface area contributed by atoms with Crippen molar-refractivity contribution in [1.82, 2.24) is 0 Å². The molecule has 5 heteroatoms. The number of quaternary nitrogens is 1. The zero-order valence-corrected chi connectivity index (χ0v) is 19.4. The van der Waals surface area contributed by atoms with Crippen LogP contribution in [-0.2, 0) is 10.1 Å². The first-order valence-corrected chi connectivity index (χ1v) is 13.3. The molecule has 0 radical (unpaired) electrons. The molecule has 3 unspecified atom stereocenters. The molecule has 0 heterocycles. The van der Waals surface area contributed by atoms with Gasteiger partial charge < -0.3 is 4.48 Å². The van der Waals surface area contributed by atoms with Crippen molar-refractivity contribution >= 4 is 10.1 Å². The first-order valence-electron chi connectivity index (χ1n) is 11.7. The molecule has 0 aromatic carbocycles. The summed E-state index contributed by atoms with van der Waals surface area (Å²) in [6.07, 6.45) is 18.3. The second kappa shape index (κ2) is 13.8. The van der Waals surface area contributed by atoms with Gasteiger partial charge in [0.1, 0.15) is 0 Å². The van der Waals surface area contributed by atoms with Crippen molar-refractivity contribution in [2.75, 3.05) is 32.4 Å². The van der Waals surface area contributed by atoms with Crippen molar-refractivity contribution in [2.45, 2.75) is 90.4 Å². The minimum atomic E-state index is -3.86. The van der Waals surface area contributed by atoms with Gasteiger partial charge in [-0.3, -0.25) is 4.55 Å². The smallest absolute Gasteiger partial charge is 0.265 e. The van der Waals surface area contributed by atoms with Crippen LogP contribution in [0.4, 0.5) is 0 Å². The lowest BCUT2D eigenvalue weighted by Gasteiger charge is -2.41. The van der Waals surface area contributed by atoms with Crippen LogP contribution in [0.5, 0.6) is 0 Å². The molecule has 0 amide bonds. The van der Waals surface area contributed by atoms with Gasteiger partial charge in [0.2, 0.25) is 0 Å². The first-order chi connectivity index (χ1) is 13.3. The molecule has 1 rings (SSSR count). The van der Waals surface area contributed by atoms with Gasteiger partial charge in [0.05, 0.1) is 32.4 Å². The summed E-state index contributed by atoms with van der Waals surface area (Å²) >= 11 is 0. The van der Waals surface area contributed by atoms with Gasteiger partial charge in [0, 0.05) is 12.3 Å². The Morgan fingerprint density at radius 1 is 0.964 bits per heavy atom. The van der Waals surface area contributed by atoms with Gasteiger partial charge >= 0.3 is 0 Å². The van der Waals surface area contributed by atoms with E-state index in [1.165, 1.54) is 77.0 Å². The summed E-state index contributed by atoms with van der Waals surface area (Å²) in [5.41, 5.74) is 0. The quantitative estimate of drug-likeness (QED) is 0.149. The highest BCUT2D eigenvalue weighted by atomic mass is 32.2. The van der Waals surface area contributed by atoms with Gasteiger partial charge in [-0.2, -0.15) is 8.42 Å². The van der Waals surface area contributed by atoms with E-state index in [1.807, 2.05) is 0 Å². The van der Waals surface area contributed by atoms with E-state index < -0.39 is 10.1 Å². The van der Waals surface area contributed by atoms with E-state index in [9.17, 15) is 8.42 Å². The number of nitrogens with zero attached hydrogens (tertiary/aromatic N) is 1. The molecule has 0 aliphatic heterocycles. The van der Waals surface area contributed by atoms with Crippen molar-refractivity contribution in [2.24, 2.45) is 11.8 Å². The van der Waals surface area contributed by atoms with Crippen LogP contribution in [-0.4, -0.2) is 49.9 Å². The Morgan fingerprint density at radius 3 is 2.14 bits per heavy atom. The van der Waals surface area contributed by atoms with Crippen molar-refractivity contribution in [3.05, 3.63) is 12.7 Å². The number of hydrogen-bond donors (Lipinski definition) is 1. The van der Waals surface area contributed by atoms with E-state index in [-0.39, 0.29) is 5.75 Å². The fourth-order valence-electron chi connectivity index (χ4n) is 4.89. The lowest BCUT2D eigenvalue weighted by molar-refractivity contribution is -0.913. The molecule has 0 saturated heterocycles. The molecule has 166 valence electrons. The molecule has 0 aromatic heterocycles. The molecule has 1 aliphatic carbocycles. The third-order valence-corrected chi connectivity index (χ3v) is 7.40. The molecule has 1 fully saturated rings. The molecule has 1 saturated carbocycles. The molecule has 0 aromatic rings. The summed E-state index contributed by atoms with van der Waals surface area (Å²) in [5.74, 6) is 1.15. The van der Waals surface area contributed by atoms with Gasteiger partial charge in [-0.25, -0.2) is 0 Å². The standard InChI is InChI=1S/C23H45NO3S/c1-4-6-7-8-9-10-11-14-18-24(3,19-15-20-28(25,26)27)21-23-17-13-12-16-22(23)5-2/h5,22-23H,2,4,6-21H2,1,3H3/p+1. The highest BCUT2D eigenvalue weighted by molar-refractivity contribution is 7.85. The lowest BCUT2D eigenvalue weighted by atomic mass is 9.78. The van der Waals surface area contributed by atoms with Crippen molar-refractivity contribution in [3.8, 4) is 0 Å². The molecule has 0 bridgehead atoms. The van der Waals surface area contributed by atoms with E-state index in [4.69, 9.17) is 4.55 Å². The number of unbranched alkanes of at least 4 members (excludes halogenated alkanes) is 7. The van der Waals surface area contributed by atoms with E-state index in [0.29, 0.717) is 18.3 Å². The number of allylic oxidation sites excluding steroid dienone is 1. The van der Waals surface area contributed by atoms with Crippen molar-refractivity contribution in [3.63, 3.8) is 0 Å². The second-order valence-corrected chi connectivity index (χ2v) is 10.9. The normalized spacial score (nSPS) is 22.7. The minimum Gasteiger partial charge on any atom is -0.326 e. The second-order valence-electron chi connectivity index (χ2n) is 9.31. The topological polar surface area (TPSA) is 54.4 Å². The predicted molar refractivity (Wildman–Crippen MR) is 120 cm³/mol. The fraction of sp³-hybridized carbons (Fsp3) is 0.913. The Balaban J connectivity index is 2.50. The van der Waals surface area contributed by atoms with E-state index in [1.54, 1.807) is 0 Å². The van der Waals surface area contributed by atoms with Gasteiger partial charge in [-0.15, -0.1) is 6.58 Å². The van der Waals surface area contributed by atoms with E-state index in [0.717, 1.165) is 24.1 Å². The SMILES string of the molecule is C=CC1CCCCC1C[N+](C)(CCCCCCCCCC)CCCS(=O)(=O)O. The molecule has 3 atom stereocenters. The zero-order valence-electron chi connectivity index (χ0n) is 18.6. The molecule has 1 aliphatic rings. The Bertz CT molecular complexity index is 520. The van der Waals surface area contributed by atoms with E-state index in [2.05, 4.69) is 26.6 Å². The van der Waals surface area contributed by atoms with Crippen LogP contribution in [0.3, 0.4) is 0 Å². The van der Waals surface area contributed by atoms with Gasteiger partial charge in [0.25, 0.3) is 10.1 Å². The zero-order chi connectivity index (χ0) is 20.9. The van der Waals surface area contributed by atoms with Crippen LogP contribution in [0.25, 0.3) is 0 Å². The lowest BCUT2D eigenvalue weighted by Crippen LogP contribution is -2.50. The van der Waals surface area contributed by atoms with Gasteiger partial charge in [-0.05, 0) is 31.6 Å². The molecule has 0 spiro atoms. The van der Waals surface area contributed by atoms with Crippen molar-refractivity contribution in [1.29, 1.82) is 0 Å². The van der Waals surface area contributed by atoms with Crippen LogP contribution in [0.15, 0.2) is 12.7 Å². The molecular weight excluding hydrogens is 370 g/mol. The Kier molecular flexibility index (Phi) is 12.6. The van der Waals surface area contributed by atoms with Gasteiger partial charge in [0.15, 0.2) is 0 Å². The molecular formula is C23H46NO3S+. The average molecular weight is 417 g/mol. The fourth-order valence-corrected chi connectivity index (χ4v) is 5.38. The average Bonchev–Trinajstić information content (AvgIpc) is 2.63.